The quantitative estimate of drug-likeness (QED) is 0.265. The first-order valence-corrected chi connectivity index (χ1v) is 10.2. The number of carbonyl (C=O) groups excluding carboxylic acids is 2. The van der Waals surface area contributed by atoms with Gasteiger partial charge >= 0.3 is 11.9 Å². The Morgan fingerprint density at radius 3 is 1.23 bits per heavy atom. The monoisotopic (exact) mass is 374 g/mol. The lowest BCUT2D eigenvalue weighted by molar-refractivity contribution is -0.146. The van der Waals surface area contributed by atoms with E-state index in [-0.39, 0.29) is 25.2 Å². The summed E-state index contributed by atoms with van der Waals surface area (Å²) in [5, 5.41) is 17.3. The van der Waals surface area contributed by atoms with Crippen LogP contribution in [0.5, 0.6) is 0 Å². The molecule has 6 nitrogen and oxygen atoms in total. The second kappa shape index (κ2) is 20.2. The SMILES string of the molecule is O=C(CCCCCCCO)OCCCCOC(=O)CCCCCCCO. The van der Waals surface area contributed by atoms with E-state index in [1.807, 2.05) is 0 Å². The van der Waals surface area contributed by atoms with Crippen LogP contribution in [0.15, 0.2) is 0 Å². The molecule has 0 saturated carbocycles. The molecule has 0 bridgehead atoms. The Hall–Kier alpha value is -1.14. The molecule has 0 aliphatic heterocycles. The van der Waals surface area contributed by atoms with Crippen molar-refractivity contribution in [1.29, 1.82) is 0 Å². The molecule has 0 fully saturated rings. The summed E-state index contributed by atoms with van der Waals surface area (Å²) in [6.45, 7) is 1.24. The van der Waals surface area contributed by atoms with E-state index in [0.29, 0.717) is 38.9 Å². The van der Waals surface area contributed by atoms with E-state index in [9.17, 15) is 9.59 Å². The van der Waals surface area contributed by atoms with Gasteiger partial charge in [-0.2, -0.15) is 0 Å². The molecule has 0 aromatic rings. The zero-order valence-corrected chi connectivity index (χ0v) is 16.3. The summed E-state index contributed by atoms with van der Waals surface area (Å²) in [6.07, 6.45) is 11.7. The molecule has 0 aliphatic rings. The number of esters is 2. The molecule has 6 heteroatoms. The fourth-order valence-electron chi connectivity index (χ4n) is 2.54. The van der Waals surface area contributed by atoms with Crippen molar-refractivity contribution in [2.75, 3.05) is 26.4 Å². The highest BCUT2D eigenvalue weighted by molar-refractivity contribution is 5.69. The summed E-state index contributed by atoms with van der Waals surface area (Å²) in [5.41, 5.74) is 0. The second-order valence-electron chi connectivity index (χ2n) is 6.63. The Bertz CT molecular complexity index is 300. The van der Waals surface area contributed by atoms with Gasteiger partial charge in [0.2, 0.25) is 0 Å². The average molecular weight is 375 g/mol. The number of hydrogen-bond donors (Lipinski definition) is 2. The summed E-state index contributed by atoms with van der Waals surface area (Å²) in [7, 11) is 0. The van der Waals surface area contributed by atoms with Gasteiger partial charge in [-0.25, -0.2) is 0 Å². The maximum atomic E-state index is 11.5. The lowest BCUT2D eigenvalue weighted by atomic mass is 10.1. The predicted molar refractivity (Wildman–Crippen MR) is 101 cm³/mol. The molecule has 0 rings (SSSR count). The van der Waals surface area contributed by atoms with Gasteiger partial charge in [0.25, 0.3) is 0 Å². The summed E-state index contributed by atoms with van der Waals surface area (Å²) in [6, 6.07) is 0. The van der Waals surface area contributed by atoms with Crippen LogP contribution in [0.2, 0.25) is 0 Å². The van der Waals surface area contributed by atoms with Crippen molar-refractivity contribution >= 4 is 11.9 Å². The zero-order valence-electron chi connectivity index (χ0n) is 16.3. The Morgan fingerprint density at radius 2 is 0.846 bits per heavy atom. The second-order valence-corrected chi connectivity index (χ2v) is 6.63. The van der Waals surface area contributed by atoms with Gasteiger partial charge in [0.1, 0.15) is 0 Å². The molecule has 0 heterocycles. The molecule has 0 unspecified atom stereocenters. The number of ether oxygens (including phenoxy) is 2. The van der Waals surface area contributed by atoms with Crippen LogP contribution in [0.3, 0.4) is 0 Å². The molecule has 26 heavy (non-hydrogen) atoms. The Balaban J connectivity index is 3.28. The largest absolute Gasteiger partial charge is 0.466 e. The van der Waals surface area contributed by atoms with Crippen LogP contribution in [-0.4, -0.2) is 48.6 Å². The zero-order chi connectivity index (χ0) is 19.3. The predicted octanol–water partition coefficient (Wildman–Crippen LogP) is 3.52. The topological polar surface area (TPSA) is 93.1 Å². The molecule has 0 amide bonds. The minimum Gasteiger partial charge on any atom is -0.466 e. The van der Waals surface area contributed by atoms with Crippen LogP contribution in [0.1, 0.15) is 89.9 Å². The number of rotatable bonds is 19. The van der Waals surface area contributed by atoms with Crippen molar-refractivity contribution in [3.8, 4) is 0 Å². The lowest BCUT2D eigenvalue weighted by Crippen LogP contribution is -2.08. The number of aliphatic hydroxyl groups excluding tert-OH is 2. The van der Waals surface area contributed by atoms with E-state index in [0.717, 1.165) is 64.2 Å². The van der Waals surface area contributed by atoms with E-state index in [1.165, 1.54) is 0 Å². The van der Waals surface area contributed by atoms with Gasteiger partial charge in [-0.3, -0.25) is 9.59 Å². The molecular formula is C20H38O6. The Labute approximate surface area is 158 Å². The number of aliphatic hydroxyl groups is 2. The van der Waals surface area contributed by atoms with Gasteiger partial charge in [-0.05, 0) is 38.5 Å². The first-order chi connectivity index (χ1) is 12.7. The molecule has 2 N–H and O–H groups in total. The highest BCUT2D eigenvalue weighted by Gasteiger charge is 2.04. The molecule has 0 saturated heterocycles. The molecule has 0 aliphatic carbocycles. The van der Waals surface area contributed by atoms with Crippen LogP contribution in [-0.2, 0) is 19.1 Å². The normalized spacial score (nSPS) is 10.7. The van der Waals surface area contributed by atoms with Crippen molar-refractivity contribution in [2.24, 2.45) is 0 Å². The van der Waals surface area contributed by atoms with Gasteiger partial charge in [-0.15, -0.1) is 0 Å². The lowest BCUT2D eigenvalue weighted by Gasteiger charge is -2.06. The van der Waals surface area contributed by atoms with Gasteiger partial charge in [-0.1, -0.05) is 38.5 Å². The van der Waals surface area contributed by atoms with Crippen LogP contribution in [0, 0.1) is 0 Å². The Morgan fingerprint density at radius 1 is 0.500 bits per heavy atom. The van der Waals surface area contributed by atoms with Crippen molar-refractivity contribution in [1.82, 2.24) is 0 Å². The van der Waals surface area contributed by atoms with Crippen LogP contribution < -0.4 is 0 Å². The minimum absolute atomic E-state index is 0.162. The summed E-state index contributed by atoms with van der Waals surface area (Å²) >= 11 is 0. The standard InChI is InChI=1S/C20H38O6/c21-15-9-5-1-3-7-13-19(23)25-17-11-12-18-26-20(24)14-8-4-2-6-10-16-22/h21-22H,1-18H2. The summed E-state index contributed by atoms with van der Waals surface area (Å²) in [4.78, 5) is 23.0. The molecule has 154 valence electrons. The van der Waals surface area contributed by atoms with Gasteiger partial charge in [0, 0.05) is 26.1 Å². The molecule has 0 atom stereocenters. The number of carbonyl (C=O) groups is 2. The van der Waals surface area contributed by atoms with E-state index in [1.54, 1.807) is 0 Å². The molecule has 0 spiro atoms. The summed E-state index contributed by atoms with van der Waals surface area (Å²) < 4.78 is 10.3. The fraction of sp³-hybridized carbons (Fsp3) is 0.900. The van der Waals surface area contributed by atoms with Gasteiger partial charge in [0.05, 0.1) is 13.2 Å². The molecular weight excluding hydrogens is 336 g/mol. The molecule has 0 aromatic heterocycles. The first kappa shape index (κ1) is 24.9. The van der Waals surface area contributed by atoms with E-state index < -0.39 is 0 Å². The van der Waals surface area contributed by atoms with E-state index in [4.69, 9.17) is 19.7 Å². The third-order valence-electron chi connectivity index (χ3n) is 4.14. The maximum absolute atomic E-state index is 11.5. The average Bonchev–Trinajstić information content (AvgIpc) is 2.63. The minimum atomic E-state index is -0.162. The first-order valence-electron chi connectivity index (χ1n) is 10.2. The third-order valence-corrected chi connectivity index (χ3v) is 4.14. The van der Waals surface area contributed by atoms with E-state index >= 15 is 0 Å². The fourth-order valence-corrected chi connectivity index (χ4v) is 2.54. The molecule has 0 aromatic carbocycles. The van der Waals surface area contributed by atoms with Crippen LogP contribution >= 0.6 is 0 Å². The van der Waals surface area contributed by atoms with Crippen molar-refractivity contribution < 1.29 is 29.3 Å². The van der Waals surface area contributed by atoms with E-state index in [2.05, 4.69) is 0 Å². The van der Waals surface area contributed by atoms with Gasteiger partial charge in [0.15, 0.2) is 0 Å². The van der Waals surface area contributed by atoms with Gasteiger partial charge < -0.3 is 19.7 Å². The van der Waals surface area contributed by atoms with Crippen molar-refractivity contribution in [3.05, 3.63) is 0 Å². The smallest absolute Gasteiger partial charge is 0.305 e. The number of unbranched alkanes of at least 4 members (excludes halogenated alkanes) is 9. The van der Waals surface area contributed by atoms with Crippen molar-refractivity contribution in [3.63, 3.8) is 0 Å². The number of hydrogen-bond acceptors (Lipinski definition) is 6. The molecule has 0 radical (unpaired) electrons. The summed E-state index contributed by atoms with van der Waals surface area (Å²) in [5.74, 6) is -0.323. The highest BCUT2D eigenvalue weighted by Crippen LogP contribution is 2.07. The Kier molecular flexibility index (Phi) is 19.3. The highest BCUT2D eigenvalue weighted by atomic mass is 16.5. The van der Waals surface area contributed by atoms with Crippen LogP contribution in [0.4, 0.5) is 0 Å². The maximum Gasteiger partial charge on any atom is 0.305 e. The third kappa shape index (κ3) is 19.2. The van der Waals surface area contributed by atoms with Crippen LogP contribution in [0.25, 0.3) is 0 Å². The van der Waals surface area contributed by atoms with Crippen molar-refractivity contribution in [2.45, 2.75) is 89.9 Å².